The number of anilines is 1. The van der Waals surface area contributed by atoms with E-state index in [0.29, 0.717) is 58.6 Å². The molecular weight excluding hydrogens is 456 g/mol. The van der Waals surface area contributed by atoms with Crippen LogP contribution in [0.4, 0.5) is 5.69 Å². The maximum absolute atomic E-state index is 13.2. The molecule has 0 bridgehead atoms. The first kappa shape index (κ1) is 20.9. The van der Waals surface area contributed by atoms with Crippen molar-refractivity contribution in [3.05, 3.63) is 46.6 Å². The number of benzene rings is 1. The molecule has 3 aromatic rings. The highest BCUT2D eigenvalue weighted by molar-refractivity contribution is 7.91. The fraction of sp³-hybridized carbons (Fsp3) is 0.429. The van der Waals surface area contributed by atoms with Crippen LogP contribution in [-0.4, -0.2) is 49.0 Å². The number of piperazine rings is 1. The Labute approximate surface area is 190 Å². The lowest BCUT2D eigenvalue weighted by Crippen LogP contribution is -2.48. The smallest absolute Gasteiger partial charge is 0.252 e. The van der Waals surface area contributed by atoms with Crippen molar-refractivity contribution >= 4 is 38.6 Å². The third kappa shape index (κ3) is 4.24. The van der Waals surface area contributed by atoms with Crippen molar-refractivity contribution < 1.29 is 12.9 Å². The summed E-state index contributed by atoms with van der Waals surface area (Å²) >= 11 is 7.17. The summed E-state index contributed by atoms with van der Waals surface area (Å²) in [6, 6.07) is 9.28. The normalized spacial score (nSPS) is 18.7. The number of rotatable bonds is 5. The number of aromatic nitrogens is 2. The van der Waals surface area contributed by atoms with E-state index in [4.69, 9.17) is 16.1 Å². The molecule has 0 atom stereocenters. The van der Waals surface area contributed by atoms with Gasteiger partial charge in [-0.1, -0.05) is 29.6 Å². The van der Waals surface area contributed by atoms with E-state index in [1.165, 1.54) is 24.2 Å². The molecule has 1 aromatic carbocycles. The molecule has 10 heteroatoms. The van der Waals surface area contributed by atoms with Crippen LogP contribution in [0, 0.1) is 0 Å². The fourth-order valence-electron chi connectivity index (χ4n) is 4.23. The van der Waals surface area contributed by atoms with E-state index >= 15 is 0 Å². The molecular formula is C21H23ClN4O3S2. The zero-order valence-electron chi connectivity index (χ0n) is 16.9. The van der Waals surface area contributed by atoms with E-state index in [2.05, 4.69) is 15.0 Å². The van der Waals surface area contributed by atoms with Crippen LogP contribution in [0.5, 0.6) is 0 Å². The molecule has 1 aliphatic heterocycles. The largest absolute Gasteiger partial charge is 0.369 e. The van der Waals surface area contributed by atoms with Gasteiger partial charge in [-0.2, -0.15) is 9.29 Å². The van der Waals surface area contributed by atoms with Gasteiger partial charge in [-0.15, -0.1) is 11.3 Å². The lowest BCUT2D eigenvalue weighted by molar-refractivity contribution is 0.354. The molecule has 1 aliphatic carbocycles. The summed E-state index contributed by atoms with van der Waals surface area (Å²) in [6.45, 7) is 2.14. The molecule has 164 valence electrons. The van der Waals surface area contributed by atoms with Gasteiger partial charge in [-0.3, -0.25) is 0 Å². The Bertz CT molecular complexity index is 1150. The van der Waals surface area contributed by atoms with Crippen molar-refractivity contribution in [1.29, 1.82) is 0 Å². The molecule has 0 unspecified atom stereocenters. The minimum Gasteiger partial charge on any atom is -0.369 e. The molecule has 7 nitrogen and oxygen atoms in total. The number of nitrogens with zero attached hydrogens (tertiary/aromatic N) is 4. The molecule has 1 saturated heterocycles. The van der Waals surface area contributed by atoms with Crippen molar-refractivity contribution in [2.75, 3.05) is 31.1 Å². The van der Waals surface area contributed by atoms with Crippen molar-refractivity contribution in [1.82, 2.24) is 14.4 Å². The lowest BCUT2D eigenvalue weighted by atomic mass is 10.1. The summed E-state index contributed by atoms with van der Waals surface area (Å²) in [5.74, 6) is 1.47. The number of hydrogen-bond acceptors (Lipinski definition) is 7. The number of sulfonamides is 1. The van der Waals surface area contributed by atoms with Crippen LogP contribution < -0.4 is 4.90 Å². The van der Waals surface area contributed by atoms with Gasteiger partial charge in [0, 0.05) is 53.8 Å². The summed E-state index contributed by atoms with van der Waals surface area (Å²) < 4.78 is 33.7. The van der Waals surface area contributed by atoms with Crippen molar-refractivity contribution in [3.63, 3.8) is 0 Å². The number of hydrogen-bond donors (Lipinski definition) is 0. The first-order valence-corrected chi connectivity index (χ1v) is 13.1. The van der Waals surface area contributed by atoms with Crippen LogP contribution in [0.1, 0.15) is 37.5 Å². The molecule has 2 aliphatic rings. The van der Waals surface area contributed by atoms with E-state index in [1.54, 1.807) is 15.8 Å². The molecule has 0 spiro atoms. The van der Waals surface area contributed by atoms with Crippen LogP contribution in [0.25, 0.3) is 11.4 Å². The third-order valence-electron chi connectivity index (χ3n) is 6.00. The first-order chi connectivity index (χ1) is 15.0. The second kappa shape index (κ2) is 8.54. The minimum absolute atomic E-state index is 0.314. The topological polar surface area (TPSA) is 79.5 Å². The Hall–Kier alpha value is -1.94. The predicted molar refractivity (Wildman–Crippen MR) is 121 cm³/mol. The Balaban J connectivity index is 1.27. The Kier molecular flexibility index (Phi) is 5.76. The maximum Gasteiger partial charge on any atom is 0.252 e. The molecule has 0 radical (unpaired) electrons. The predicted octanol–water partition coefficient (Wildman–Crippen LogP) is 4.62. The zero-order chi connectivity index (χ0) is 21.4. The average molecular weight is 479 g/mol. The molecule has 31 heavy (non-hydrogen) atoms. The van der Waals surface area contributed by atoms with Crippen LogP contribution in [0.2, 0.25) is 5.02 Å². The van der Waals surface area contributed by atoms with E-state index in [9.17, 15) is 8.42 Å². The molecule has 0 amide bonds. The van der Waals surface area contributed by atoms with Gasteiger partial charge in [0.05, 0.1) is 0 Å². The van der Waals surface area contributed by atoms with Gasteiger partial charge in [0.1, 0.15) is 4.21 Å². The standard InChI is InChI=1S/C21H23ClN4O3S2/c22-17-5-7-18(8-6-17)25-9-11-26(12-10-25)31(27,28)19-13-16(14-30-19)20-23-21(29-24-20)15-3-1-2-4-15/h5-8,13-15H,1-4,9-12H2. The van der Waals surface area contributed by atoms with Gasteiger partial charge in [-0.05, 0) is 43.2 Å². The van der Waals surface area contributed by atoms with Crippen molar-refractivity contribution in [2.24, 2.45) is 0 Å². The van der Waals surface area contributed by atoms with Crippen molar-refractivity contribution in [3.8, 4) is 11.4 Å². The van der Waals surface area contributed by atoms with Gasteiger partial charge in [0.25, 0.3) is 10.0 Å². The van der Waals surface area contributed by atoms with E-state index in [-0.39, 0.29) is 0 Å². The SMILES string of the molecule is O=S(=O)(c1cc(-c2noc(C3CCCC3)n2)cs1)N1CCN(c2ccc(Cl)cc2)CC1. The molecule has 3 heterocycles. The Morgan fingerprint density at radius 1 is 1.06 bits per heavy atom. The third-order valence-corrected chi connectivity index (χ3v) is 9.57. The average Bonchev–Trinajstić information content (AvgIpc) is 3.55. The second-order valence-corrected chi connectivity index (χ2v) is 11.5. The van der Waals surface area contributed by atoms with E-state index in [1.807, 2.05) is 24.3 Å². The number of thiophene rings is 1. The fourth-order valence-corrected chi connectivity index (χ4v) is 7.08. The van der Waals surface area contributed by atoms with E-state index < -0.39 is 10.0 Å². The Morgan fingerprint density at radius 2 is 1.77 bits per heavy atom. The first-order valence-electron chi connectivity index (χ1n) is 10.4. The van der Waals surface area contributed by atoms with Crippen LogP contribution >= 0.6 is 22.9 Å². The van der Waals surface area contributed by atoms with Gasteiger partial charge in [0.15, 0.2) is 0 Å². The van der Waals surface area contributed by atoms with Gasteiger partial charge >= 0.3 is 0 Å². The molecule has 2 aromatic heterocycles. The number of halogens is 1. The summed E-state index contributed by atoms with van der Waals surface area (Å²) in [5.41, 5.74) is 1.74. The highest BCUT2D eigenvalue weighted by Crippen LogP contribution is 2.35. The van der Waals surface area contributed by atoms with Gasteiger partial charge in [-0.25, -0.2) is 8.42 Å². The lowest BCUT2D eigenvalue weighted by Gasteiger charge is -2.35. The minimum atomic E-state index is -3.55. The summed E-state index contributed by atoms with van der Waals surface area (Å²) in [7, 11) is -3.55. The summed E-state index contributed by atoms with van der Waals surface area (Å²) in [6.07, 6.45) is 4.53. The van der Waals surface area contributed by atoms with E-state index in [0.717, 1.165) is 18.5 Å². The van der Waals surface area contributed by atoms with Crippen LogP contribution in [0.3, 0.4) is 0 Å². The monoisotopic (exact) mass is 478 g/mol. The second-order valence-electron chi connectivity index (χ2n) is 7.96. The Morgan fingerprint density at radius 3 is 2.48 bits per heavy atom. The van der Waals surface area contributed by atoms with Gasteiger partial charge in [0.2, 0.25) is 11.7 Å². The molecule has 5 rings (SSSR count). The highest BCUT2D eigenvalue weighted by Gasteiger charge is 2.31. The summed E-state index contributed by atoms with van der Waals surface area (Å²) in [4.78, 5) is 6.70. The molecule has 2 fully saturated rings. The van der Waals surface area contributed by atoms with Crippen LogP contribution in [-0.2, 0) is 10.0 Å². The quantitative estimate of drug-likeness (QED) is 0.532. The highest BCUT2D eigenvalue weighted by atomic mass is 35.5. The van der Waals surface area contributed by atoms with Crippen molar-refractivity contribution in [2.45, 2.75) is 35.8 Å². The molecule has 0 N–H and O–H groups in total. The van der Waals surface area contributed by atoms with Crippen LogP contribution in [0.15, 0.2) is 44.4 Å². The zero-order valence-corrected chi connectivity index (χ0v) is 19.3. The van der Waals surface area contributed by atoms with Gasteiger partial charge < -0.3 is 9.42 Å². The molecule has 1 saturated carbocycles. The summed E-state index contributed by atoms with van der Waals surface area (Å²) in [5, 5.41) is 6.57. The maximum atomic E-state index is 13.2.